The zero-order chi connectivity index (χ0) is 12.4. The maximum atomic E-state index is 10.5. The summed E-state index contributed by atoms with van der Waals surface area (Å²) in [6, 6.07) is 0.515. The standard InChI is InChI=1S/C11H17N3O3/c1-7(2)14-4-3-8(6-14)11-12-9(13-17-11)5-10(15)16/h7-8H,3-6H2,1-2H3,(H,15,16). The Balaban J connectivity index is 1.99. The molecule has 1 aromatic heterocycles. The van der Waals surface area contributed by atoms with Crippen LogP contribution in [0, 0.1) is 0 Å². The van der Waals surface area contributed by atoms with Crippen molar-refractivity contribution in [3.05, 3.63) is 11.7 Å². The molecule has 17 heavy (non-hydrogen) atoms. The van der Waals surface area contributed by atoms with Crippen LogP contribution in [0.15, 0.2) is 4.52 Å². The van der Waals surface area contributed by atoms with Gasteiger partial charge in [0.2, 0.25) is 5.89 Å². The molecule has 0 saturated carbocycles. The molecule has 0 radical (unpaired) electrons. The van der Waals surface area contributed by atoms with Gasteiger partial charge in [-0.15, -0.1) is 0 Å². The van der Waals surface area contributed by atoms with E-state index in [0.29, 0.717) is 11.9 Å². The molecule has 6 nitrogen and oxygen atoms in total. The molecule has 1 aromatic rings. The van der Waals surface area contributed by atoms with E-state index in [1.54, 1.807) is 0 Å². The third-order valence-electron chi connectivity index (χ3n) is 3.09. The van der Waals surface area contributed by atoms with Crippen LogP contribution < -0.4 is 0 Å². The molecule has 1 aliphatic heterocycles. The lowest BCUT2D eigenvalue weighted by Crippen LogP contribution is -2.27. The molecular weight excluding hydrogens is 222 g/mol. The van der Waals surface area contributed by atoms with Gasteiger partial charge < -0.3 is 14.5 Å². The van der Waals surface area contributed by atoms with Gasteiger partial charge in [-0.25, -0.2) is 0 Å². The lowest BCUT2D eigenvalue weighted by molar-refractivity contribution is -0.136. The van der Waals surface area contributed by atoms with Gasteiger partial charge in [0, 0.05) is 12.6 Å². The quantitative estimate of drug-likeness (QED) is 0.840. The zero-order valence-corrected chi connectivity index (χ0v) is 10.1. The van der Waals surface area contributed by atoms with E-state index in [1.807, 2.05) is 0 Å². The Morgan fingerprint density at radius 1 is 1.65 bits per heavy atom. The number of carboxylic acid groups (broad SMARTS) is 1. The third kappa shape index (κ3) is 2.82. The monoisotopic (exact) mass is 239 g/mol. The zero-order valence-electron chi connectivity index (χ0n) is 10.1. The Kier molecular flexibility index (Phi) is 3.42. The predicted molar refractivity (Wildman–Crippen MR) is 59.7 cm³/mol. The number of aromatic nitrogens is 2. The first-order valence-electron chi connectivity index (χ1n) is 5.84. The van der Waals surface area contributed by atoms with E-state index in [-0.39, 0.29) is 18.2 Å². The molecule has 1 atom stereocenters. The highest BCUT2D eigenvalue weighted by Gasteiger charge is 2.29. The van der Waals surface area contributed by atoms with Gasteiger partial charge >= 0.3 is 5.97 Å². The molecule has 0 bridgehead atoms. The number of aliphatic carboxylic acids is 1. The van der Waals surface area contributed by atoms with E-state index < -0.39 is 5.97 Å². The smallest absolute Gasteiger partial charge is 0.311 e. The van der Waals surface area contributed by atoms with Crippen LogP contribution in [-0.4, -0.2) is 45.2 Å². The molecule has 1 saturated heterocycles. The summed E-state index contributed by atoms with van der Waals surface area (Å²) in [6.07, 6.45) is 0.816. The molecule has 1 fully saturated rings. The van der Waals surface area contributed by atoms with Crippen molar-refractivity contribution >= 4 is 5.97 Å². The van der Waals surface area contributed by atoms with Gasteiger partial charge in [-0.1, -0.05) is 5.16 Å². The van der Waals surface area contributed by atoms with Gasteiger partial charge in [0.15, 0.2) is 5.82 Å². The molecule has 0 aromatic carbocycles. The van der Waals surface area contributed by atoms with Crippen LogP contribution in [0.2, 0.25) is 0 Å². The number of rotatable bonds is 4. The summed E-state index contributed by atoms with van der Waals surface area (Å²) >= 11 is 0. The van der Waals surface area contributed by atoms with E-state index in [9.17, 15) is 4.79 Å². The predicted octanol–water partition coefficient (Wildman–Crippen LogP) is 0.894. The number of nitrogens with zero attached hydrogens (tertiary/aromatic N) is 3. The van der Waals surface area contributed by atoms with Gasteiger partial charge in [0.05, 0.1) is 5.92 Å². The highest BCUT2D eigenvalue weighted by atomic mass is 16.5. The highest BCUT2D eigenvalue weighted by molar-refractivity contribution is 5.68. The number of hydrogen-bond donors (Lipinski definition) is 1. The molecule has 1 aliphatic rings. The summed E-state index contributed by atoms with van der Waals surface area (Å²) in [5.41, 5.74) is 0. The van der Waals surface area contributed by atoms with Crippen LogP contribution in [0.25, 0.3) is 0 Å². The van der Waals surface area contributed by atoms with Gasteiger partial charge in [-0.3, -0.25) is 4.79 Å². The van der Waals surface area contributed by atoms with E-state index in [2.05, 4.69) is 28.9 Å². The molecule has 0 spiro atoms. The number of likely N-dealkylation sites (tertiary alicyclic amines) is 1. The van der Waals surface area contributed by atoms with Crippen LogP contribution in [-0.2, 0) is 11.2 Å². The fourth-order valence-electron chi connectivity index (χ4n) is 2.10. The molecule has 2 heterocycles. The molecule has 1 N–H and O–H groups in total. The number of hydrogen-bond acceptors (Lipinski definition) is 5. The fourth-order valence-corrected chi connectivity index (χ4v) is 2.10. The van der Waals surface area contributed by atoms with E-state index in [0.717, 1.165) is 19.5 Å². The van der Waals surface area contributed by atoms with Crippen LogP contribution in [0.3, 0.4) is 0 Å². The van der Waals surface area contributed by atoms with Crippen LogP contribution in [0.4, 0.5) is 0 Å². The average Bonchev–Trinajstić information content (AvgIpc) is 2.83. The van der Waals surface area contributed by atoms with Crippen molar-refractivity contribution in [3.8, 4) is 0 Å². The van der Waals surface area contributed by atoms with Crippen molar-refractivity contribution in [1.29, 1.82) is 0 Å². The summed E-state index contributed by atoms with van der Waals surface area (Å²) in [5, 5.41) is 12.3. The van der Waals surface area contributed by atoms with Crippen molar-refractivity contribution in [2.45, 2.75) is 38.6 Å². The Hall–Kier alpha value is -1.43. The maximum Gasteiger partial charge on any atom is 0.311 e. The minimum absolute atomic E-state index is 0.176. The van der Waals surface area contributed by atoms with Crippen LogP contribution in [0.5, 0.6) is 0 Å². The van der Waals surface area contributed by atoms with Crippen LogP contribution >= 0.6 is 0 Å². The average molecular weight is 239 g/mol. The molecule has 94 valence electrons. The first-order valence-corrected chi connectivity index (χ1v) is 5.84. The Morgan fingerprint density at radius 3 is 3.00 bits per heavy atom. The number of carboxylic acids is 1. The minimum Gasteiger partial charge on any atom is -0.481 e. The van der Waals surface area contributed by atoms with Gasteiger partial charge in [0.25, 0.3) is 0 Å². The first-order chi connectivity index (χ1) is 8.06. The van der Waals surface area contributed by atoms with Gasteiger partial charge in [-0.2, -0.15) is 4.98 Å². The molecular formula is C11H17N3O3. The third-order valence-corrected chi connectivity index (χ3v) is 3.09. The Labute approximate surface area is 99.6 Å². The second-order valence-corrected chi connectivity index (χ2v) is 4.69. The van der Waals surface area contributed by atoms with Crippen LogP contribution in [0.1, 0.15) is 37.9 Å². The Morgan fingerprint density at radius 2 is 2.41 bits per heavy atom. The van der Waals surface area contributed by atoms with Crippen molar-refractivity contribution in [2.24, 2.45) is 0 Å². The summed E-state index contributed by atoms with van der Waals surface area (Å²) < 4.78 is 5.13. The van der Waals surface area contributed by atoms with Crippen molar-refractivity contribution in [2.75, 3.05) is 13.1 Å². The second-order valence-electron chi connectivity index (χ2n) is 4.69. The van der Waals surface area contributed by atoms with E-state index >= 15 is 0 Å². The molecule has 2 rings (SSSR count). The largest absolute Gasteiger partial charge is 0.481 e. The van der Waals surface area contributed by atoms with Crippen molar-refractivity contribution in [1.82, 2.24) is 15.0 Å². The maximum absolute atomic E-state index is 10.5. The normalized spacial score (nSPS) is 21.2. The van der Waals surface area contributed by atoms with Crippen molar-refractivity contribution < 1.29 is 14.4 Å². The second kappa shape index (κ2) is 4.83. The minimum atomic E-state index is -0.937. The summed E-state index contributed by atoms with van der Waals surface area (Å²) in [7, 11) is 0. The molecule has 6 heteroatoms. The molecule has 0 amide bonds. The summed E-state index contributed by atoms with van der Waals surface area (Å²) in [6.45, 7) is 6.25. The summed E-state index contributed by atoms with van der Waals surface area (Å²) in [4.78, 5) is 17.0. The SMILES string of the molecule is CC(C)N1CCC(c2nc(CC(=O)O)no2)C1. The first kappa shape index (κ1) is 12.0. The van der Waals surface area contributed by atoms with Gasteiger partial charge in [-0.05, 0) is 26.8 Å². The number of carbonyl (C=O) groups is 1. The molecule has 1 unspecified atom stereocenters. The topological polar surface area (TPSA) is 79.5 Å². The van der Waals surface area contributed by atoms with Gasteiger partial charge in [0.1, 0.15) is 6.42 Å². The van der Waals surface area contributed by atoms with E-state index in [1.165, 1.54) is 0 Å². The lowest BCUT2D eigenvalue weighted by atomic mass is 10.1. The van der Waals surface area contributed by atoms with Crippen molar-refractivity contribution in [3.63, 3.8) is 0 Å². The molecule has 0 aliphatic carbocycles. The highest BCUT2D eigenvalue weighted by Crippen LogP contribution is 2.27. The van der Waals surface area contributed by atoms with E-state index in [4.69, 9.17) is 9.63 Å². The lowest BCUT2D eigenvalue weighted by Gasteiger charge is -2.19. The fraction of sp³-hybridized carbons (Fsp3) is 0.727. The summed E-state index contributed by atoms with van der Waals surface area (Å²) in [5.74, 6) is 0.139. The Bertz CT molecular complexity index is 402.